The molecule has 29 heavy (non-hydrogen) atoms. The van der Waals surface area contributed by atoms with Gasteiger partial charge >= 0.3 is 0 Å². The van der Waals surface area contributed by atoms with Gasteiger partial charge in [0.1, 0.15) is 11.6 Å². The second-order valence-electron chi connectivity index (χ2n) is 6.44. The third-order valence-corrected chi connectivity index (χ3v) is 7.24. The molecular formula is C20H23FN2O4S2. The number of benzene rings is 2. The van der Waals surface area contributed by atoms with Crippen molar-refractivity contribution in [2.75, 3.05) is 28.9 Å². The fourth-order valence-electron chi connectivity index (χ4n) is 2.92. The number of amides is 1. The van der Waals surface area contributed by atoms with Gasteiger partial charge in [0.05, 0.1) is 18.0 Å². The maximum absolute atomic E-state index is 13.6. The summed E-state index contributed by atoms with van der Waals surface area (Å²) < 4.78 is 45.5. The van der Waals surface area contributed by atoms with Gasteiger partial charge in [-0.25, -0.2) is 12.8 Å². The van der Waals surface area contributed by atoms with Crippen LogP contribution < -0.4 is 14.4 Å². The van der Waals surface area contributed by atoms with E-state index in [2.05, 4.69) is 5.32 Å². The molecule has 1 aliphatic heterocycles. The number of hydrogen-bond acceptors (Lipinski definition) is 5. The first-order valence-corrected chi connectivity index (χ1v) is 12.0. The van der Waals surface area contributed by atoms with Gasteiger partial charge in [-0.05, 0) is 30.7 Å². The number of para-hydroxylation sites is 2. The first-order chi connectivity index (χ1) is 13.9. The second kappa shape index (κ2) is 9.49. The van der Waals surface area contributed by atoms with Crippen LogP contribution in [0.25, 0.3) is 0 Å². The molecule has 1 amide bonds. The van der Waals surface area contributed by atoms with Crippen LogP contribution in [0.4, 0.5) is 10.1 Å². The van der Waals surface area contributed by atoms with Crippen molar-refractivity contribution < 1.29 is 22.3 Å². The molecule has 156 valence electrons. The largest absolute Gasteiger partial charge is 0.476 e. The number of thioether (sulfide) groups is 1. The number of rotatable bonds is 8. The molecule has 3 rings (SSSR count). The molecule has 0 saturated carbocycles. The summed E-state index contributed by atoms with van der Waals surface area (Å²) >= 11 is 1.50. The predicted molar refractivity (Wildman–Crippen MR) is 113 cm³/mol. The lowest BCUT2D eigenvalue weighted by atomic mass is 10.2. The third-order valence-electron chi connectivity index (χ3n) is 4.49. The lowest BCUT2D eigenvalue weighted by Crippen LogP contribution is -2.51. The van der Waals surface area contributed by atoms with Crippen LogP contribution in [-0.4, -0.2) is 45.0 Å². The maximum Gasteiger partial charge on any atom is 0.263 e. The van der Waals surface area contributed by atoms with Gasteiger partial charge in [0.15, 0.2) is 6.10 Å². The molecule has 0 fully saturated rings. The number of anilines is 1. The van der Waals surface area contributed by atoms with E-state index in [1.54, 1.807) is 49.4 Å². The van der Waals surface area contributed by atoms with E-state index in [4.69, 9.17) is 4.74 Å². The Morgan fingerprint density at radius 1 is 1.24 bits per heavy atom. The van der Waals surface area contributed by atoms with Crippen molar-refractivity contribution in [3.05, 3.63) is 59.9 Å². The van der Waals surface area contributed by atoms with Crippen LogP contribution in [0, 0.1) is 5.82 Å². The van der Waals surface area contributed by atoms with Crippen LogP contribution in [-0.2, 0) is 20.6 Å². The summed E-state index contributed by atoms with van der Waals surface area (Å²) in [5, 5.41) is 2.77. The molecule has 0 saturated heterocycles. The minimum atomic E-state index is -3.53. The average molecular weight is 439 g/mol. The lowest BCUT2D eigenvalue weighted by Gasteiger charge is -2.34. The van der Waals surface area contributed by atoms with Gasteiger partial charge < -0.3 is 10.1 Å². The highest BCUT2D eigenvalue weighted by Crippen LogP contribution is 2.35. The molecule has 1 aliphatic rings. The van der Waals surface area contributed by atoms with Crippen LogP contribution in [0.15, 0.2) is 48.5 Å². The van der Waals surface area contributed by atoms with E-state index >= 15 is 0 Å². The predicted octanol–water partition coefficient (Wildman–Crippen LogP) is 2.79. The topological polar surface area (TPSA) is 75.7 Å². The Bertz CT molecular complexity index is 968. The van der Waals surface area contributed by atoms with Crippen molar-refractivity contribution >= 4 is 33.4 Å². The monoisotopic (exact) mass is 438 g/mol. The summed E-state index contributed by atoms with van der Waals surface area (Å²) in [6.07, 6.45) is -0.928. The van der Waals surface area contributed by atoms with Gasteiger partial charge in [0, 0.05) is 18.1 Å². The fraction of sp³-hybridized carbons (Fsp3) is 0.350. The number of hydrogen-bond donors (Lipinski definition) is 1. The molecule has 1 atom stereocenters. The zero-order valence-corrected chi connectivity index (χ0v) is 17.6. The molecule has 2 aromatic rings. The average Bonchev–Trinajstić information content (AvgIpc) is 2.73. The molecule has 0 spiro atoms. The minimum Gasteiger partial charge on any atom is -0.476 e. The summed E-state index contributed by atoms with van der Waals surface area (Å²) in [6, 6.07) is 13.4. The van der Waals surface area contributed by atoms with E-state index in [-0.39, 0.29) is 24.0 Å². The van der Waals surface area contributed by atoms with E-state index < -0.39 is 16.1 Å². The summed E-state index contributed by atoms with van der Waals surface area (Å²) in [6.45, 7) is 1.87. The van der Waals surface area contributed by atoms with Crippen LogP contribution in [0.3, 0.4) is 0 Å². The zero-order chi connectivity index (χ0) is 20.9. The van der Waals surface area contributed by atoms with Gasteiger partial charge in [0.2, 0.25) is 10.0 Å². The van der Waals surface area contributed by atoms with Crippen molar-refractivity contribution in [1.29, 1.82) is 0 Å². The number of nitrogens with zero attached hydrogens (tertiary/aromatic N) is 1. The van der Waals surface area contributed by atoms with Crippen molar-refractivity contribution in [2.45, 2.75) is 18.8 Å². The van der Waals surface area contributed by atoms with E-state index in [0.717, 1.165) is 0 Å². The lowest BCUT2D eigenvalue weighted by molar-refractivity contribution is -0.127. The molecule has 0 aliphatic carbocycles. The number of sulfonamides is 1. The number of ether oxygens (including phenoxy) is 1. The van der Waals surface area contributed by atoms with Gasteiger partial charge in [-0.15, -0.1) is 0 Å². The Hall–Kier alpha value is -2.26. The first kappa shape index (κ1) is 21.4. The highest BCUT2D eigenvalue weighted by Gasteiger charge is 2.35. The van der Waals surface area contributed by atoms with Crippen LogP contribution in [0.2, 0.25) is 0 Å². The summed E-state index contributed by atoms with van der Waals surface area (Å²) in [5.41, 5.74) is 1.07. The van der Waals surface area contributed by atoms with Gasteiger partial charge in [-0.2, -0.15) is 11.8 Å². The number of halogens is 1. The number of carbonyl (C=O) groups is 1. The van der Waals surface area contributed by atoms with Crippen molar-refractivity contribution in [2.24, 2.45) is 0 Å². The summed E-state index contributed by atoms with van der Waals surface area (Å²) in [4.78, 5) is 12.5. The number of carbonyl (C=O) groups excluding carboxylic acids is 1. The Morgan fingerprint density at radius 2 is 1.97 bits per heavy atom. The Morgan fingerprint density at radius 3 is 2.72 bits per heavy atom. The molecule has 0 bridgehead atoms. The van der Waals surface area contributed by atoms with Gasteiger partial charge in [0.25, 0.3) is 5.91 Å². The molecule has 0 aromatic heterocycles. The Labute approximate surface area is 174 Å². The number of fused-ring (bicyclic) bond motifs is 1. The molecular weight excluding hydrogens is 415 g/mol. The summed E-state index contributed by atoms with van der Waals surface area (Å²) in [7, 11) is -3.53. The van der Waals surface area contributed by atoms with E-state index in [9.17, 15) is 17.6 Å². The van der Waals surface area contributed by atoms with Crippen molar-refractivity contribution in [3.63, 3.8) is 0 Å². The highest BCUT2D eigenvalue weighted by molar-refractivity contribution is 7.98. The Kier molecular flexibility index (Phi) is 7.02. The van der Waals surface area contributed by atoms with E-state index in [1.807, 2.05) is 0 Å². The second-order valence-corrected chi connectivity index (χ2v) is 9.73. The van der Waals surface area contributed by atoms with Crippen LogP contribution in [0.5, 0.6) is 5.75 Å². The zero-order valence-electron chi connectivity index (χ0n) is 16.0. The van der Waals surface area contributed by atoms with Crippen molar-refractivity contribution in [1.82, 2.24) is 5.32 Å². The van der Waals surface area contributed by atoms with E-state index in [1.165, 1.54) is 22.1 Å². The third kappa shape index (κ3) is 5.22. The SMILES string of the molecule is CCS(=O)(=O)N1C[C@@H](C(=O)NCCSCc2ccccc2F)Oc2ccccc21. The van der Waals surface area contributed by atoms with Crippen molar-refractivity contribution in [3.8, 4) is 5.75 Å². The Balaban J connectivity index is 1.55. The fourth-order valence-corrected chi connectivity index (χ4v) is 4.89. The van der Waals surface area contributed by atoms with Gasteiger partial charge in [-0.1, -0.05) is 30.3 Å². The molecule has 9 heteroatoms. The summed E-state index contributed by atoms with van der Waals surface area (Å²) in [5.74, 6) is 0.795. The molecule has 1 N–H and O–H groups in total. The molecule has 0 unspecified atom stereocenters. The molecule has 2 aromatic carbocycles. The first-order valence-electron chi connectivity index (χ1n) is 9.27. The van der Waals surface area contributed by atoms with Crippen LogP contribution in [0.1, 0.15) is 12.5 Å². The number of nitrogens with one attached hydrogen (secondary N) is 1. The molecule has 0 radical (unpaired) electrons. The quantitative estimate of drug-likeness (QED) is 0.642. The molecule has 1 heterocycles. The van der Waals surface area contributed by atoms with Crippen LogP contribution >= 0.6 is 11.8 Å². The maximum atomic E-state index is 13.6. The standard InChI is InChI=1S/C20H23FN2O4S2/c1-2-29(25,26)23-13-19(27-18-10-6-5-9-17(18)23)20(24)22-11-12-28-14-15-7-3-4-8-16(15)21/h3-10,19H,2,11-14H2,1H3,(H,22,24)/t19-/m0/s1. The van der Waals surface area contributed by atoms with E-state index in [0.29, 0.717) is 35.1 Å². The normalized spacial score (nSPS) is 16.1. The molecule has 6 nitrogen and oxygen atoms in total. The highest BCUT2D eigenvalue weighted by atomic mass is 32.2. The smallest absolute Gasteiger partial charge is 0.263 e. The minimum absolute atomic E-state index is 0.0671. The van der Waals surface area contributed by atoms with Gasteiger partial charge in [-0.3, -0.25) is 9.10 Å².